The van der Waals surface area contributed by atoms with Crippen molar-refractivity contribution in [1.29, 1.82) is 0 Å². The molecule has 1 aromatic heterocycles. The molecule has 8 heteroatoms. The summed E-state index contributed by atoms with van der Waals surface area (Å²) in [6.45, 7) is 4.08. The number of carbonyl (C=O) groups is 1. The Balaban J connectivity index is 1.62. The van der Waals surface area contributed by atoms with E-state index in [0.29, 0.717) is 30.4 Å². The number of fused-ring (bicyclic) bond motifs is 1. The lowest BCUT2D eigenvalue weighted by atomic mass is 9.98. The lowest BCUT2D eigenvalue weighted by molar-refractivity contribution is -0.137. The quantitative estimate of drug-likeness (QED) is 0.857. The summed E-state index contributed by atoms with van der Waals surface area (Å²) in [5.41, 5.74) is 2.34. The second-order valence-electron chi connectivity index (χ2n) is 7.51. The number of hydrogen-bond acceptors (Lipinski definition) is 4. The molecule has 5 nitrogen and oxygen atoms in total. The van der Waals surface area contributed by atoms with Crippen molar-refractivity contribution in [1.82, 2.24) is 15.1 Å². The highest BCUT2D eigenvalue weighted by Crippen LogP contribution is 2.36. The number of carbonyl (C=O) groups excluding carboxylic acids is 1. The number of aryl methyl sites for hydroxylation is 1. The van der Waals surface area contributed by atoms with Crippen LogP contribution >= 0.6 is 0 Å². The smallest absolute Gasteiger partial charge is 0.362 e. The number of alkyl halides is 3. The number of nitrogens with zero attached hydrogens (tertiary/aromatic N) is 3. The molecule has 1 amide bonds. The minimum absolute atomic E-state index is 0.1000. The maximum absolute atomic E-state index is 13.0. The van der Waals surface area contributed by atoms with E-state index in [2.05, 4.69) is 15.5 Å². The average Bonchev–Trinajstić information content (AvgIpc) is 3.48. The molecule has 0 spiro atoms. The van der Waals surface area contributed by atoms with Gasteiger partial charge in [-0.15, -0.1) is 5.10 Å². The van der Waals surface area contributed by atoms with Gasteiger partial charge in [0.25, 0.3) is 0 Å². The maximum atomic E-state index is 13.0. The second kappa shape index (κ2) is 6.76. The summed E-state index contributed by atoms with van der Waals surface area (Å²) in [6.07, 6.45) is -2.06. The van der Waals surface area contributed by atoms with Gasteiger partial charge in [-0.1, -0.05) is 12.1 Å². The van der Waals surface area contributed by atoms with Gasteiger partial charge in [0.1, 0.15) is 0 Å². The number of hydrogen-bond donors (Lipinski definition) is 1. The van der Waals surface area contributed by atoms with Gasteiger partial charge in [0, 0.05) is 18.2 Å². The first kappa shape index (κ1) is 18.7. The molecule has 4 rings (SSSR count). The van der Waals surface area contributed by atoms with E-state index in [9.17, 15) is 18.0 Å². The summed E-state index contributed by atoms with van der Waals surface area (Å²) in [6, 6.07) is 5.16. The van der Waals surface area contributed by atoms with Crippen molar-refractivity contribution < 1.29 is 18.0 Å². The lowest BCUT2D eigenvalue weighted by Gasteiger charge is -2.31. The zero-order chi connectivity index (χ0) is 20.1. The summed E-state index contributed by atoms with van der Waals surface area (Å²) < 4.78 is 39.0. The standard InChI is InChI=1S/C20H21F3N4O/c1-11(13-4-3-5-14(8-13)20(21,22)23)24-19-17-10-27(15-6-7-15)18(28)9-16(17)12(2)25-26-19/h3-5,8,11,15H,6-7,9-10H2,1-2H3,(H,24,26)/t11-/m1/s1. The molecule has 1 aliphatic carbocycles. The van der Waals surface area contributed by atoms with E-state index in [0.717, 1.165) is 41.8 Å². The van der Waals surface area contributed by atoms with Gasteiger partial charge in [-0.25, -0.2) is 0 Å². The van der Waals surface area contributed by atoms with Crippen molar-refractivity contribution in [3.8, 4) is 0 Å². The summed E-state index contributed by atoms with van der Waals surface area (Å²) in [5, 5.41) is 11.6. The molecule has 0 radical (unpaired) electrons. The fraction of sp³-hybridized carbons (Fsp3) is 0.450. The molecule has 1 saturated carbocycles. The van der Waals surface area contributed by atoms with Crippen molar-refractivity contribution >= 4 is 11.7 Å². The second-order valence-corrected chi connectivity index (χ2v) is 7.51. The van der Waals surface area contributed by atoms with Crippen LogP contribution < -0.4 is 5.32 Å². The molecule has 28 heavy (non-hydrogen) atoms. The van der Waals surface area contributed by atoms with Crippen LogP contribution in [0.5, 0.6) is 0 Å². The number of benzene rings is 1. The molecule has 0 saturated heterocycles. The third-order valence-electron chi connectivity index (χ3n) is 5.42. The van der Waals surface area contributed by atoms with E-state index in [1.807, 2.05) is 11.8 Å². The highest BCUT2D eigenvalue weighted by Gasteiger charge is 2.37. The first-order valence-corrected chi connectivity index (χ1v) is 9.32. The van der Waals surface area contributed by atoms with Crippen molar-refractivity contribution in [2.75, 3.05) is 5.32 Å². The van der Waals surface area contributed by atoms with E-state index in [1.165, 1.54) is 6.07 Å². The normalized spacial score (nSPS) is 18.0. The number of anilines is 1. The molecule has 1 fully saturated rings. The van der Waals surface area contributed by atoms with Crippen molar-refractivity contribution in [3.05, 3.63) is 52.2 Å². The first-order valence-electron chi connectivity index (χ1n) is 9.32. The summed E-state index contributed by atoms with van der Waals surface area (Å²) in [5.74, 6) is 0.631. The van der Waals surface area contributed by atoms with Crippen LogP contribution in [0.15, 0.2) is 24.3 Å². The number of aromatic nitrogens is 2. The van der Waals surface area contributed by atoms with Gasteiger partial charge in [-0.3, -0.25) is 4.79 Å². The van der Waals surface area contributed by atoms with Gasteiger partial charge >= 0.3 is 6.18 Å². The van der Waals surface area contributed by atoms with Gasteiger partial charge in [-0.2, -0.15) is 18.3 Å². The fourth-order valence-corrected chi connectivity index (χ4v) is 3.63. The van der Waals surface area contributed by atoms with E-state index in [1.54, 1.807) is 13.0 Å². The minimum atomic E-state index is -4.39. The van der Waals surface area contributed by atoms with Gasteiger partial charge in [0.05, 0.1) is 23.7 Å². The Morgan fingerprint density at radius 2 is 1.96 bits per heavy atom. The van der Waals surface area contributed by atoms with Crippen LogP contribution in [0.4, 0.5) is 19.0 Å². The largest absolute Gasteiger partial charge is 0.416 e. The minimum Gasteiger partial charge on any atom is -0.362 e. The Kier molecular flexibility index (Phi) is 4.51. The molecular weight excluding hydrogens is 369 g/mol. The Labute approximate surface area is 161 Å². The molecule has 2 aromatic rings. The zero-order valence-electron chi connectivity index (χ0n) is 15.7. The molecule has 1 aliphatic heterocycles. The molecule has 2 aliphatic rings. The number of halogens is 3. The lowest BCUT2D eigenvalue weighted by Crippen LogP contribution is -2.39. The van der Waals surface area contributed by atoms with Gasteiger partial charge in [-0.05, 0) is 49.9 Å². The number of nitrogens with one attached hydrogen (secondary N) is 1. The van der Waals surface area contributed by atoms with E-state index in [4.69, 9.17) is 0 Å². The molecule has 1 N–H and O–H groups in total. The predicted molar refractivity (Wildman–Crippen MR) is 97.5 cm³/mol. The Morgan fingerprint density at radius 3 is 2.64 bits per heavy atom. The molecule has 1 atom stereocenters. The summed E-state index contributed by atoms with van der Waals surface area (Å²) in [4.78, 5) is 14.3. The molecule has 148 valence electrons. The van der Waals surface area contributed by atoms with E-state index < -0.39 is 17.8 Å². The van der Waals surface area contributed by atoms with Crippen LogP contribution in [0.2, 0.25) is 0 Å². The van der Waals surface area contributed by atoms with E-state index >= 15 is 0 Å². The topological polar surface area (TPSA) is 58.1 Å². The van der Waals surface area contributed by atoms with Crippen LogP contribution in [0.25, 0.3) is 0 Å². The zero-order valence-corrected chi connectivity index (χ0v) is 15.7. The summed E-state index contributed by atoms with van der Waals surface area (Å²) in [7, 11) is 0. The Hall–Kier alpha value is -2.64. The van der Waals surface area contributed by atoms with E-state index in [-0.39, 0.29) is 5.91 Å². The molecule has 0 unspecified atom stereocenters. The number of amides is 1. The maximum Gasteiger partial charge on any atom is 0.416 e. The van der Waals surface area contributed by atoms with Crippen LogP contribution in [-0.4, -0.2) is 27.0 Å². The van der Waals surface area contributed by atoms with Crippen LogP contribution in [0.3, 0.4) is 0 Å². The van der Waals surface area contributed by atoms with Gasteiger partial charge < -0.3 is 10.2 Å². The molecular formula is C20H21F3N4O. The van der Waals surface area contributed by atoms with Crippen LogP contribution in [-0.2, 0) is 23.9 Å². The molecule has 2 heterocycles. The van der Waals surface area contributed by atoms with Crippen molar-refractivity contribution in [2.24, 2.45) is 0 Å². The Bertz CT molecular complexity index is 924. The Morgan fingerprint density at radius 1 is 1.21 bits per heavy atom. The summed E-state index contributed by atoms with van der Waals surface area (Å²) >= 11 is 0. The monoisotopic (exact) mass is 390 g/mol. The van der Waals surface area contributed by atoms with Gasteiger partial charge in [0.15, 0.2) is 5.82 Å². The SMILES string of the molecule is Cc1nnc(N[C@H](C)c2cccc(C(F)(F)F)c2)c2c1CC(=O)N(C1CC1)C2. The first-order chi connectivity index (χ1) is 13.2. The van der Waals surface area contributed by atoms with Crippen molar-refractivity contribution in [2.45, 2.75) is 57.9 Å². The third kappa shape index (κ3) is 3.55. The van der Waals surface area contributed by atoms with Crippen molar-refractivity contribution in [3.63, 3.8) is 0 Å². The molecule has 0 bridgehead atoms. The predicted octanol–water partition coefficient (Wildman–Crippen LogP) is 4.02. The average molecular weight is 390 g/mol. The van der Waals surface area contributed by atoms with Gasteiger partial charge in [0.2, 0.25) is 5.91 Å². The fourth-order valence-electron chi connectivity index (χ4n) is 3.63. The van der Waals surface area contributed by atoms with Crippen LogP contribution in [0, 0.1) is 6.92 Å². The molecule has 1 aromatic carbocycles. The van der Waals surface area contributed by atoms with Crippen LogP contribution in [0.1, 0.15) is 53.8 Å². The number of rotatable bonds is 4. The highest BCUT2D eigenvalue weighted by molar-refractivity contribution is 5.82. The highest BCUT2D eigenvalue weighted by atomic mass is 19.4. The third-order valence-corrected chi connectivity index (χ3v) is 5.42.